The maximum absolute atomic E-state index is 9.68. The van der Waals surface area contributed by atoms with Crippen molar-refractivity contribution in [3.05, 3.63) is 24.4 Å². The number of methoxy groups -OCH3 is 1. The van der Waals surface area contributed by atoms with Crippen LogP contribution >= 0.6 is 0 Å². The number of nitrogens with one attached hydrogen (secondary N) is 4. The third-order valence-electron chi connectivity index (χ3n) is 4.65. The largest absolute Gasteiger partial charge is 0.468 e. The molecule has 1 saturated heterocycles. The van der Waals surface area contributed by atoms with E-state index >= 15 is 0 Å². The summed E-state index contributed by atoms with van der Waals surface area (Å²) in [6, 6.07) is 6.22. The summed E-state index contributed by atoms with van der Waals surface area (Å²) in [4.78, 5) is 11.6. The first-order valence-corrected chi connectivity index (χ1v) is 9.00. The number of hydrogen-bond acceptors (Lipinski definition) is 9. The SMILES string of the molecule is COC1=NC(CCO)(Nc2ccc3[nH]ncc3c2)N=C(N2CCNCC2)N1. The average Bonchev–Trinajstić information content (AvgIpc) is 3.16. The van der Waals surface area contributed by atoms with Gasteiger partial charge in [-0.15, -0.1) is 0 Å². The number of amidine groups is 1. The normalized spacial score (nSPS) is 22.8. The Morgan fingerprint density at radius 2 is 2.15 bits per heavy atom. The number of benzene rings is 1. The minimum Gasteiger partial charge on any atom is -0.468 e. The number of guanidine groups is 1. The molecule has 27 heavy (non-hydrogen) atoms. The van der Waals surface area contributed by atoms with Crippen LogP contribution in [-0.2, 0) is 4.74 Å². The van der Waals surface area contributed by atoms with Crippen molar-refractivity contribution in [3.8, 4) is 0 Å². The zero-order chi connectivity index (χ0) is 18.7. The van der Waals surface area contributed by atoms with E-state index in [1.54, 1.807) is 13.3 Å². The molecule has 5 N–H and O–H groups in total. The molecule has 3 heterocycles. The van der Waals surface area contributed by atoms with E-state index in [1.807, 2.05) is 18.2 Å². The van der Waals surface area contributed by atoms with Gasteiger partial charge in [-0.1, -0.05) is 0 Å². The molecular weight excluding hydrogens is 348 g/mol. The predicted molar refractivity (Wildman–Crippen MR) is 104 cm³/mol. The second-order valence-corrected chi connectivity index (χ2v) is 6.51. The lowest BCUT2D eigenvalue weighted by Crippen LogP contribution is -2.57. The van der Waals surface area contributed by atoms with E-state index in [0.29, 0.717) is 18.4 Å². The molecule has 0 bridgehead atoms. The fourth-order valence-electron chi connectivity index (χ4n) is 3.28. The van der Waals surface area contributed by atoms with Crippen LogP contribution in [0, 0.1) is 0 Å². The molecule has 0 aliphatic carbocycles. The molecule has 2 aliphatic rings. The van der Waals surface area contributed by atoms with Crippen molar-refractivity contribution in [2.45, 2.75) is 12.2 Å². The lowest BCUT2D eigenvalue weighted by molar-refractivity contribution is 0.245. The molecule has 0 saturated carbocycles. The summed E-state index contributed by atoms with van der Waals surface area (Å²) in [7, 11) is 1.56. The van der Waals surface area contributed by atoms with Gasteiger partial charge in [-0.05, 0) is 18.2 Å². The van der Waals surface area contributed by atoms with Crippen molar-refractivity contribution in [1.82, 2.24) is 25.7 Å². The Morgan fingerprint density at radius 1 is 1.30 bits per heavy atom. The highest BCUT2D eigenvalue weighted by atomic mass is 16.5. The number of aliphatic imine (C=N–C) groups is 2. The number of aliphatic hydroxyl groups excluding tert-OH is 1. The standard InChI is InChI=1S/C17H24N8O2/c1-27-16-20-15(25-7-5-18-6-8-25)22-17(23-16,4-9-26)21-13-2-3-14-12(10-13)11-19-24-14/h2-3,10-11,18,21,26H,4-9H2,1H3,(H,19,24)(H,20,22,23). The number of aromatic amines is 1. The summed E-state index contributed by atoms with van der Waals surface area (Å²) < 4.78 is 5.39. The Morgan fingerprint density at radius 3 is 2.93 bits per heavy atom. The molecule has 0 spiro atoms. The molecule has 1 fully saturated rings. The first kappa shape index (κ1) is 17.6. The Hall–Kier alpha value is -2.85. The molecule has 1 unspecified atom stereocenters. The van der Waals surface area contributed by atoms with Gasteiger partial charge in [-0.2, -0.15) is 10.1 Å². The van der Waals surface area contributed by atoms with Gasteiger partial charge in [0.1, 0.15) is 0 Å². The van der Waals surface area contributed by atoms with Gasteiger partial charge in [0.15, 0.2) is 0 Å². The highest BCUT2D eigenvalue weighted by Crippen LogP contribution is 2.27. The van der Waals surface area contributed by atoms with Gasteiger partial charge in [-0.3, -0.25) is 10.4 Å². The average molecular weight is 372 g/mol. The number of nitrogens with zero attached hydrogens (tertiary/aromatic N) is 4. The van der Waals surface area contributed by atoms with Gasteiger partial charge in [0, 0.05) is 50.3 Å². The lowest BCUT2D eigenvalue weighted by Gasteiger charge is -2.37. The van der Waals surface area contributed by atoms with Crippen molar-refractivity contribution in [2.24, 2.45) is 9.98 Å². The molecule has 2 aromatic rings. The first-order chi connectivity index (χ1) is 13.2. The second-order valence-electron chi connectivity index (χ2n) is 6.51. The zero-order valence-corrected chi connectivity index (χ0v) is 15.2. The maximum Gasteiger partial charge on any atom is 0.295 e. The Bertz CT molecular complexity index is 857. The van der Waals surface area contributed by atoms with Crippen LogP contribution in [0.1, 0.15) is 6.42 Å². The molecule has 10 heteroatoms. The van der Waals surface area contributed by atoms with Gasteiger partial charge in [0.2, 0.25) is 11.7 Å². The van der Waals surface area contributed by atoms with Gasteiger partial charge in [-0.25, -0.2) is 4.99 Å². The van der Waals surface area contributed by atoms with Gasteiger partial charge in [0.05, 0.1) is 18.8 Å². The fourth-order valence-corrected chi connectivity index (χ4v) is 3.28. The third kappa shape index (κ3) is 3.67. The highest BCUT2D eigenvalue weighted by molar-refractivity contribution is 5.98. The van der Waals surface area contributed by atoms with E-state index in [1.165, 1.54) is 0 Å². The summed E-state index contributed by atoms with van der Waals surface area (Å²) in [5.74, 6) is -0.364. The van der Waals surface area contributed by atoms with Gasteiger partial charge in [0.25, 0.3) is 6.02 Å². The van der Waals surface area contributed by atoms with Crippen LogP contribution in [0.2, 0.25) is 0 Å². The number of hydrogen-bond donors (Lipinski definition) is 5. The van der Waals surface area contributed by atoms with Crippen LogP contribution < -0.4 is 16.0 Å². The Labute approximate surface area is 156 Å². The molecule has 10 nitrogen and oxygen atoms in total. The number of aliphatic hydroxyl groups is 1. The topological polar surface area (TPSA) is 122 Å². The van der Waals surface area contributed by atoms with Crippen molar-refractivity contribution in [1.29, 1.82) is 0 Å². The number of piperazine rings is 1. The van der Waals surface area contributed by atoms with E-state index in [2.05, 4.69) is 36.0 Å². The molecule has 144 valence electrons. The summed E-state index contributed by atoms with van der Waals surface area (Å²) in [6.45, 7) is 3.37. The molecule has 0 radical (unpaired) electrons. The van der Waals surface area contributed by atoms with E-state index in [9.17, 15) is 5.11 Å². The van der Waals surface area contributed by atoms with Crippen molar-refractivity contribution in [3.63, 3.8) is 0 Å². The maximum atomic E-state index is 9.68. The number of H-pyrrole nitrogens is 1. The number of rotatable bonds is 4. The second kappa shape index (κ2) is 7.41. The van der Waals surface area contributed by atoms with E-state index in [-0.39, 0.29) is 6.61 Å². The van der Waals surface area contributed by atoms with Crippen molar-refractivity contribution in [2.75, 3.05) is 45.2 Å². The van der Waals surface area contributed by atoms with Crippen LogP contribution in [0.15, 0.2) is 34.4 Å². The molecule has 2 aliphatic heterocycles. The molecule has 4 rings (SSSR count). The monoisotopic (exact) mass is 372 g/mol. The third-order valence-corrected chi connectivity index (χ3v) is 4.65. The lowest BCUT2D eigenvalue weighted by atomic mass is 10.2. The fraction of sp³-hybridized carbons (Fsp3) is 0.471. The van der Waals surface area contributed by atoms with Gasteiger partial charge >= 0.3 is 0 Å². The summed E-state index contributed by atoms with van der Waals surface area (Å²) in [5.41, 5.74) is 1.79. The summed E-state index contributed by atoms with van der Waals surface area (Å²) in [6.07, 6.45) is 2.07. The number of ether oxygens (including phenoxy) is 1. The summed E-state index contributed by atoms with van der Waals surface area (Å²) in [5, 5.41) is 27.5. The van der Waals surface area contributed by atoms with Crippen LogP contribution in [0.3, 0.4) is 0 Å². The number of aromatic nitrogens is 2. The van der Waals surface area contributed by atoms with E-state index < -0.39 is 5.79 Å². The Kier molecular flexibility index (Phi) is 4.82. The zero-order valence-electron chi connectivity index (χ0n) is 15.2. The van der Waals surface area contributed by atoms with Crippen LogP contribution in [0.25, 0.3) is 10.9 Å². The number of anilines is 1. The summed E-state index contributed by atoms with van der Waals surface area (Å²) >= 11 is 0. The molecule has 0 amide bonds. The molecule has 1 aromatic heterocycles. The highest BCUT2D eigenvalue weighted by Gasteiger charge is 2.35. The minimum absolute atomic E-state index is 0.0697. The van der Waals surface area contributed by atoms with Crippen molar-refractivity contribution < 1.29 is 9.84 Å². The molecule has 1 aromatic carbocycles. The van der Waals surface area contributed by atoms with Gasteiger partial charge < -0.3 is 25.4 Å². The number of fused-ring (bicyclic) bond motifs is 1. The van der Waals surface area contributed by atoms with Crippen LogP contribution in [0.4, 0.5) is 5.69 Å². The van der Waals surface area contributed by atoms with E-state index in [4.69, 9.17) is 9.73 Å². The molecule has 1 atom stereocenters. The van der Waals surface area contributed by atoms with Crippen molar-refractivity contribution >= 4 is 28.6 Å². The predicted octanol–water partition coefficient (Wildman–Crippen LogP) is -0.122. The smallest absolute Gasteiger partial charge is 0.295 e. The van der Waals surface area contributed by atoms with Crippen LogP contribution in [0.5, 0.6) is 0 Å². The minimum atomic E-state index is -1.05. The quantitative estimate of drug-likeness (QED) is 0.507. The Balaban J connectivity index is 1.68. The van der Waals surface area contributed by atoms with Crippen LogP contribution in [-0.4, -0.2) is 77.9 Å². The molecular formula is C17H24N8O2. The van der Waals surface area contributed by atoms with E-state index in [0.717, 1.165) is 42.8 Å². The first-order valence-electron chi connectivity index (χ1n) is 9.00.